The normalized spacial score (nSPS) is 25.6. The molecular weight excluding hydrogens is 380 g/mol. The van der Waals surface area contributed by atoms with Gasteiger partial charge in [-0.25, -0.2) is 4.79 Å². The number of aromatic nitrogens is 2. The fraction of sp³-hybridized carbons (Fsp3) is 0.375. The molecule has 0 radical (unpaired) electrons. The van der Waals surface area contributed by atoms with Gasteiger partial charge >= 0.3 is 5.69 Å². The van der Waals surface area contributed by atoms with Gasteiger partial charge in [0.2, 0.25) is 0 Å². The van der Waals surface area contributed by atoms with Crippen molar-refractivity contribution in [2.75, 3.05) is 12.9 Å². The van der Waals surface area contributed by atoms with Crippen molar-refractivity contribution in [2.24, 2.45) is 0 Å². The Morgan fingerprint density at radius 1 is 1.26 bits per heavy atom. The Balaban J connectivity index is 2.04. The molecule has 3 rings (SSSR count). The van der Waals surface area contributed by atoms with Crippen LogP contribution in [0.15, 0.2) is 46.1 Å². The first-order chi connectivity index (χ1) is 12.7. The SMILES string of the molecule is CS(=O)(=O)O[C@@H]1[C@@H](O)[C@H](n2cc(-c3ccccc3)c(=O)[nH]c2=O)O[C@@H]1CO. The first-order valence-corrected chi connectivity index (χ1v) is 9.76. The highest BCUT2D eigenvalue weighted by atomic mass is 32.2. The summed E-state index contributed by atoms with van der Waals surface area (Å²) in [5.41, 5.74) is -0.806. The van der Waals surface area contributed by atoms with Crippen molar-refractivity contribution in [3.63, 3.8) is 0 Å². The summed E-state index contributed by atoms with van der Waals surface area (Å²) in [7, 11) is -3.95. The van der Waals surface area contributed by atoms with E-state index in [9.17, 15) is 28.2 Å². The molecule has 1 aromatic heterocycles. The van der Waals surface area contributed by atoms with Crippen molar-refractivity contribution < 1.29 is 27.6 Å². The van der Waals surface area contributed by atoms with Crippen molar-refractivity contribution in [3.8, 4) is 11.1 Å². The minimum Gasteiger partial charge on any atom is -0.394 e. The van der Waals surface area contributed by atoms with Crippen LogP contribution in [-0.4, -0.2) is 59.4 Å². The zero-order chi connectivity index (χ0) is 19.8. The smallest absolute Gasteiger partial charge is 0.330 e. The Kier molecular flexibility index (Phi) is 5.31. The highest BCUT2D eigenvalue weighted by Crippen LogP contribution is 2.31. The molecule has 0 amide bonds. The van der Waals surface area contributed by atoms with E-state index >= 15 is 0 Å². The molecule has 1 saturated heterocycles. The van der Waals surface area contributed by atoms with E-state index in [1.807, 2.05) is 0 Å². The second-order valence-corrected chi connectivity index (χ2v) is 7.68. The number of hydrogen-bond donors (Lipinski definition) is 3. The van der Waals surface area contributed by atoms with Crippen LogP contribution >= 0.6 is 0 Å². The van der Waals surface area contributed by atoms with Crippen molar-refractivity contribution in [1.82, 2.24) is 9.55 Å². The summed E-state index contributed by atoms with van der Waals surface area (Å²) >= 11 is 0. The van der Waals surface area contributed by atoms with E-state index in [2.05, 4.69) is 4.98 Å². The van der Waals surface area contributed by atoms with Crippen LogP contribution in [-0.2, 0) is 19.0 Å². The Labute approximate surface area is 153 Å². The van der Waals surface area contributed by atoms with Crippen LogP contribution < -0.4 is 11.2 Å². The largest absolute Gasteiger partial charge is 0.394 e. The van der Waals surface area contributed by atoms with Gasteiger partial charge in [0.1, 0.15) is 18.3 Å². The van der Waals surface area contributed by atoms with Gasteiger partial charge in [0, 0.05) is 6.20 Å². The molecule has 0 aliphatic carbocycles. The molecule has 0 spiro atoms. The zero-order valence-corrected chi connectivity index (χ0v) is 15.0. The summed E-state index contributed by atoms with van der Waals surface area (Å²) in [6.45, 7) is -0.641. The van der Waals surface area contributed by atoms with Gasteiger partial charge in [0.15, 0.2) is 6.23 Å². The van der Waals surface area contributed by atoms with Crippen LogP contribution in [0.25, 0.3) is 11.1 Å². The van der Waals surface area contributed by atoms with Crippen molar-refractivity contribution in [2.45, 2.75) is 24.5 Å². The topological polar surface area (TPSA) is 148 Å². The molecule has 146 valence electrons. The number of rotatable bonds is 5. The van der Waals surface area contributed by atoms with Gasteiger partial charge in [-0.2, -0.15) is 8.42 Å². The molecule has 0 bridgehead atoms. The molecule has 2 heterocycles. The number of hydrogen-bond acceptors (Lipinski definition) is 8. The minimum absolute atomic E-state index is 0.152. The van der Waals surface area contributed by atoms with Gasteiger partial charge in [-0.3, -0.25) is 18.5 Å². The predicted octanol–water partition coefficient (Wildman–Crippen LogP) is -1.20. The molecule has 10 nitrogen and oxygen atoms in total. The van der Waals surface area contributed by atoms with E-state index in [0.717, 1.165) is 10.8 Å². The Hall–Kier alpha value is -2.31. The maximum atomic E-state index is 12.2. The summed E-state index contributed by atoms with van der Waals surface area (Å²) < 4.78 is 34.0. The quantitative estimate of drug-likeness (QED) is 0.532. The number of nitrogens with one attached hydrogen (secondary N) is 1. The van der Waals surface area contributed by atoms with E-state index < -0.39 is 52.5 Å². The Morgan fingerprint density at radius 3 is 2.52 bits per heavy atom. The average molecular weight is 398 g/mol. The third kappa shape index (κ3) is 4.01. The van der Waals surface area contributed by atoms with Crippen LogP contribution in [0.1, 0.15) is 6.23 Å². The third-order valence-electron chi connectivity index (χ3n) is 4.10. The van der Waals surface area contributed by atoms with Crippen LogP contribution in [0.4, 0.5) is 0 Å². The lowest BCUT2D eigenvalue weighted by Crippen LogP contribution is -2.40. The summed E-state index contributed by atoms with van der Waals surface area (Å²) in [5.74, 6) is 0. The van der Waals surface area contributed by atoms with E-state index in [1.165, 1.54) is 6.20 Å². The van der Waals surface area contributed by atoms with E-state index in [4.69, 9.17) is 8.92 Å². The van der Waals surface area contributed by atoms with Gasteiger partial charge in [-0.1, -0.05) is 30.3 Å². The molecule has 27 heavy (non-hydrogen) atoms. The molecule has 2 aromatic rings. The van der Waals surface area contributed by atoms with Crippen LogP contribution in [0.3, 0.4) is 0 Å². The van der Waals surface area contributed by atoms with Crippen LogP contribution in [0, 0.1) is 0 Å². The van der Waals surface area contributed by atoms with Gasteiger partial charge in [0.25, 0.3) is 15.7 Å². The standard InChI is InChI=1S/C16H18N2O8S/c1-27(23,24)26-13-11(8-19)25-15(12(13)20)18-7-10(14(21)17-16(18)22)9-5-3-2-4-6-9/h2-7,11-13,15,19-20H,8H2,1H3,(H,17,21,22)/t11-,12-,13+,15-/m1/s1. The first-order valence-electron chi connectivity index (χ1n) is 7.95. The number of aromatic amines is 1. The summed E-state index contributed by atoms with van der Waals surface area (Å²) in [6.07, 6.45) is -3.53. The zero-order valence-electron chi connectivity index (χ0n) is 14.2. The number of ether oxygens (including phenoxy) is 1. The number of aliphatic hydroxyl groups is 2. The maximum Gasteiger partial charge on any atom is 0.330 e. The lowest BCUT2D eigenvalue weighted by molar-refractivity contribution is -0.0542. The molecule has 1 aromatic carbocycles. The molecule has 0 unspecified atom stereocenters. The van der Waals surface area contributed by atoms with Gasteiger partial charge in [-0.15, -0.1) is 0 Å². The summed E-state index contributed by atoms with van der Waals surface area (Å²) in [6, 6.07) is 8.51. The van der Waals surface area contributed by atoms with Crippen molar-refractivity contribution >= 4 is 10.1 Å². The number of aliphatic hydroxyl groups excluding tert-OH is 2. The molecule has 0 saturated carbocycles. The number of nitrogens with zero attached hydrogens (tertiary/aromatic N) is 1. The van der Waals surface area contributed by atoms with Crippen LogP contribution in [0.2, 0.25) is 0 Å². The monoisotopic (exact) mass is 398 g/mol. The number of H-pyrrole nitrogens is 1. The average Bonchev–Trinajstić information content (AvgIpc) is 2.90. The molecular formula is C16H18N2O8S. The highest BCUT2D eigenvalue weighted by molar-refractivity contribution is 7.86. The van der Waals surface area contributed by atoms with Crippen molar-refractivity contribution in [3.05, 3.63) is 57.4 Å². The molecule has 1 aliphatic rings. The molecule has 3 N–H and O–H groups in total. The third-order valence-corrected chi connectivity index (χ3v) is 4.67. The Bertz CT molecular complexity index is 1030. The van der Waals surface area contributed by atoms with Crippen molar-refractivity contribution in [1.29, 1.82) is 0 Å². The molecule has 4 atom stereocenters. The highest BCUT2D eigenvalue weighted by Gasteiger charge is 2.47. The lowest BCUT2D eigenvalue weighted by atomic mass is 10.1. The van der Waals surface area contributed by atoms with Gasteiger partial charge < -0.3 is 14.9 Å². The lowest BCUT2D eigenvalue weighted by Gasteiger charge is -2.19. The second-order valence-electron chi connectivity index (χ2n) is 6.08. The van der Waals surface area contributed by atoms with Crippen LogP contribution in [0.5, 0.6) is 0 Å². The number of benzene rings is 1. The molecule has 1 aliphatic heterocycles. The van der Waals surface area contributed by atoms with E-state index in [0.29, 0.717) is 5.56 Å². The minimum atomic E-state index is -3.95. The predicted molar refractivity (Wildman–Crippen MR) is 93.5 cm³/mol. The summed E-state index contributed by atoms with van der Waals surface area (Å²) in [4.78, 5) is 26.5. The first kappa shape index (κ1) is 19.5. The van der Waals surface area contributed by atoms with E-state index in [-0.39, 0.29) is 5.56 Å². The fourth-order valence-electron chi connectivity index (χ4n) is 2.91. The van der Waals surface area contributed by atoms with E-state index in [1.54, 1.807) is 30.3 Å². The Morgan fingerprint density at radius 2 is 1.93 bits per heavy atom. The molecule has 11 heteroatoms. The fourth-order valence-corrected chi connectivity index (χ4v) is 3.56. The van der Waals surface area contributed by atoms with Gasteiger partial charge in [-0.05, 0) is 5.56 Å². The molecule has 1 fully saturated rings. The summed E-state index contributed by atoms with van der Waals surface area (Å²) in [5, 5.41) is 19.9. The second kappa shape index (κ2) is 7.37. The van der Waals surface area contributed by atoms with Gasteiger partial charge in [0.05, 0.1) is 18.4 Å². The maximum absolute atomic E-state index is 12.2.